The summed E-state index contributed by atoms with van der Waals surface area (Å²) in [5.74, 6) is -0.765. The molecule has 0 radical (unpaired) electrons. The van der Waals surface area contributed by atoms with Crippen LogP contribution in [0.2, 0.25) is 0 Å². The Balaban J connectivity index is 2.93. The molecule has 2 N–H and O–H groups in total. The molecule has 0 bridgehead atoms. The van der Waals surface area contributed by atoms with E-state index >= 15 is 0 Å². The van der Waals surface area contributed by atoms with Gasteiger partial charge in [-0.1, -0.05) is 13.8 Å². The molecule has 0 amide bonds. The van der Waals surface area contributed by atoms with Crippen LogP contribution in [-0.4, -0.2) is 17.3 Å². The van der Waals surface area contributed by atoms with Crippen molar-refractivity contribution in [2.45, 2.75) is 13.8 Å². The number of nitrogens with two attached hydrogens (primary N) is 1. The molecule has 1 rings (SSSR count). The topological polar surface area (TPSA) is 56.0 Å². The molecule has 0 saturated heterocycles. The third-order valence-corrected chi connectivity index (χ3v) is 2.38. The van der Waals surface area contributed by atoms with Gasteiger partial charge in [-0.25, -0.2) is 4.39 Å². The molecule has 0 aromatic carbocycles. The Hall–Kier alpha value is -1.29. The summed E-state index contributed by atoms with van der Waals surface area (Å²) in [5.41, 5.74) is 5.81. The first-order valence-electron chi connectivity index (χ1n) is 4.91. The Bertz CT molecular complexity index is 352. The standard InChI is InChI=1S/C11H15FN2O/c1-7(2)10(4-13)11(15)8-3-9(12)6-14-5-8/h3,5-7,10H,4,13H2,1-2H3. The van der Waals surface area contributed by atoms with Crippen molar-refractivity contribution >= 4 is 5.78 Å². The van der Waals surface area contributed by atoms with Crippen LogP contribution in [0.5, 0.6) is 0 Å². The van der Waals surface area contributed by atoms with Gasteiger partial charge >= 0.3 is 0 Å². The highest BCUT2D eigenvalue weighted by Gasteiger charge is 2.22. The van der Waals surface area contributed by atoms with E-state index in [0.717, 1.165) is 6.20 Å². The molecule has 0 saturated carbocycles. The average molecular weight is 210 g/mol. The molecule has 1 aromatic rings. The van der Waals surface area contributed by atoms with Crippen LogP contribution in [0.3, 0.4) is 0 Å². The summed E-state index contributed by atoms with van der Waals surface area (Å²) in [4.78, 5) is 15.5. The largest absolute Gasteiger partial charge is 0.330 e. The summed E-state index contributed by atoms with van der Waals surface area (Å²) in [7, 11) is 0. The molecule has 1 atom stereocenters. The van der Waals surface area contributed by atoms with Crippen LogP contribution in [-0.2, 0) is 0 Å². The molecule has 4 heteroatoms. The van der Waals surface area contributed by atoms with Gasteiger partial charge in [0.1, 0.15) is 5.82 Å². The number of halogens is 1. The van der Waals surface area contributed by atoms with Crippen molar-refractivity contribution in [1.82, 2.24) is 4.98 Å². The fourth-order valence-electron chi connectivity index (χ4n) is 1.44. The van der Waals surface area contributed by atoms with Gasteiger partial charge in [-0.3, -0.25) is 9.78 Å². The van der Waals surface area contributed by atoms with Gasteiger partial charge in [-0.2, -0.15) is 0 Å². The van der Waals surface area contributed by atoms with Crippen molar-refractivity contribution in [1.29, 1.82) is 0 Å². The van der Waals surface area contributed by atoms with Crippen molar-refractivity contribution in [2.75, 3.05) is 6.54 Å². The molecule has 0 aliphatic carbocycles. The zero-order valence-corrected chi connectivity index (χ0v) is 8.90. The second-order valence-corrected chi connectivity index (χ2v) is 3.84. The van der Waals surface area contributed by atoms with Crippen LogP contribution in [0.4, 0.5) is 4.39 Å². The summed E-state index contributed by atoms with van der Waals surface area (Å²) in [5, 5.41) is 0. The minimum Gasteiger partial charge on any atom is -0.330 e. The SMILES string of the molecule is CC(C)C(CN)C(=O)c1cncc(F)c1. The van der Waals surface area contributed by atoms with Crippen molar-refractivity contribution in [3.8, 4) is 0 Å². The number of aromatic nitrogens is 1. The van der Waals surface area contributed by atoms with Gasteiger partial charge in [0.15, 0.2) is 5.78 Å². The van der Waals surface area contributed by atoms with E-state index in [1.807, 2.05) is 13.8 Å². The summed E-state index contributed by atoms with van der Waals surface area (Å²) >= 11 is 0. The first kappa shape index (κ1) is 11.8. The third-order valence-electron chi connectivity index (χ3n) is 2.38. The van der Waals surface area contributed by atoms with E-state index in [2.05, 4.69) is 4.98 Å². The number of rotatable bonds is 4. The van der Waals surface area contributed by atoms with Gasteiger partial charge < -0.3 is 5.73 Å². The number of hydrogen-bond acceptors (Lipinski definition) is 3. The Morgan fingerprint density at radius 3 is 2.67 bits per heavy atom. The molecule has 15 heavy (non-hydrogen) atoms. The lowest BCUT2D eigenvalue weighted by Crippen LogP contribution is -2.28. The van der Waals surface area contributed by atoms with Crippen LogP contribution >= 0.6 is 0 Å². The molecule has 0 spiro atoms. The van der Waals surface area contributed by atoms with Crippen molar-refractivity contribution in [3.05, 3.63) is 29.8 Å². The maximum Gasteiger partial charge on any atom is 0.169 e. The highest BCUT2D eigenvalue weighted by Crippen LogP contribution is 2.16. The van der Waals surface area contributed by atoms with Gasteiger partial charge in [0, 0.05) is 24.2 Å². The average Bonchev–Trinajstić information content (AvgIpc) is 2.18. The Kier molecular flexibility index (Phi) is 3.91. The lowest BCUT2D eigenvalue weighted by molar-refractivity contribution is 0.0891. The molecule has 0 fully saturated rings. The lowest BCUT2D eigenvalue weighted by atomic mass is 9.88. The quantitative estimate of drug-likeness (QED) is 0.768. The summed E-state index contributed by atoms with van der Waals surface area (Å²) in [6.07, 6.45) is 2.44. The number of hydrogen-bond donors (Lipinski definition) is 1. The van der Waals surface area contributed by atoms with Crippen molar-refractivity contribution in [2.24, 2.45) is 17.6 Å². The van der Waals surface area contributed by atoms with Crippen LogP contribution in [0.1, 0.15) is 24.2 Å². The fourth-order valence-corrected chi connectivity index (χ4v) is 1.44. The molecule has 1 heterocycles. The van der Waals surface area contributed by atoms with Crippen LogP contribution < -0.4 is 5.73 Å². The van der Waals surface area contributed by atoms with E-state index in [0.29, 0.717) is 5.56 Å². The van der Waals surface area contributed by atoms with Crippen LogP contribution in [0.25, 0.3) is 0 Å². The van der Waals surface area contributed by atoms with Gasteiger partial charge in [-0.05, 0) is 12.0 Å². The predicted octanol–water partition coefficient (Wildman–Crippen LogP) is 1.63. The second-order valence-electron chi connectivity index (χ2n) is 3.84. The lowest BCUT2D eigenvalue weighted by Gasteiger charge is -2.16. The first-order valence-corrected chi connectivity index (χ1v) is 4.91. The number of Topliss-reactive ketones (excluding diaryl/α,β-unsaturated/α-hetero) is 1. The number of pyridine rings is 1. The minimum atomic E-state index is -0.500. The summed E-state index contributed by atoms with van der Waals surface area (Å²) < 4.78 is 12.9. The predicted molar refractivity (Wildman–Crippen MR) is 55.9 cm³/mol. The maximum atomic E-state index is 12.9. The zero-order valence-electron chi connectivity index (χ0n) is 8.90. The normalized spacial score (nSPS) is 12.9. The highest BCUT2D eigenvalue weighted by molar-refractivity contribution is 5.97. The number of carbonyl (C=O) groups excluding carboxylic acids is 1. The van der Waals surface area contributed by atoms with Crippen LogP contribution in [0, 0.1) is 17.7 Å². The molecule has 1 aromatic heterocycles. The van der Waals surface area contributed by atoms with Crippen molar-refractivity contribution < 1.29 is 9.18 Å². The van der Waals surface area contributed by atoms with E-state index in [1.165, 1.54) is 12.3 Å². The smallest absolute Gasteiger partial charge is 0.169 e. The number of carbonyl (C=O) groups is 1. The molecule has 0 aliphatic heterocycles. The first-order chi connectivity index (χ1) is 7.06. The van der Waals surface area contributed by atoms with Gasteiger partial charge in [-0.15, -0.1) is 0 Å². The van der Waals surface area contributed by atoms with Gasteiger partial charge in [0.25, 0.3) is 0 Å². The summed E-state index contributed by atoms with van der Waals surface area (Å²) in [6.45, 7) is 4.11. The molecule has 82 valence electrons. The fraction of sp³-hybridized carbons (Fsp3) is 0.455. The third kappa shape index (κ3) is 2.83. The van der Waals surface area contributed by atoms with E-state index in [-0.39, 0.29) is 24.2 Å². The monoisotopic (exact) mass is 210 g/mol. The van der Waals surface area contributed by atoms with Crippen LogP contribution in [0.15, 0.2) is 18.5 Å². The van der Waals surface area contributed by atoms with E-state index in [4.69, 9.17) is 5.73 Å². The number of ketones is 1. The Labute approximate surface area is 88.5 Å². The van der Waals surface area contributed by atoms with E-state index in [9.17, 15) is 9.18 Å². The Morgan fingerprint density at radius 2 is 2.20 bits per heavy atom. The molecular weight excluding hydrogens is 195 g/mol. The molecular formula is C11H15FN2O. The van der Waals surface area contributed by atoms with E-state index in [1.54, 1.807) is 0 Å². The zero-order chi connectivity index (χ0) is 11.4. The second kappa shape index (κ2) is 4.98. The van der Waals surface area contributed by atoms with E-state index < -0.39 is 5.82 Å². The van der Waals surface area contributed by atoms with Gasteiger partial charge in [0.2, 0.25) is 0 Å². The Morgan fingerprint density at radius 1 is 1.53 bits per heavy atom. The number of nitrogens with zero attached hydrogens (tertiary/aromatic N) is 1. The molecule has 1 unspecified atom stereocenters. The maximum absolute atomic E-state index is 12.9. The van der Waals surface area contributed by atoms with Gasteiger partial charge in [0.05, 0.1) is 6.20 Å². The highest BCUT2D eigenvalue weighted by atomic mass is 19.1. The molecule has 0 aliphatic rings. The minimum absolute atomic E-state index is 0.139. The molecule has 3 nitrogen and oxygen atoms in total. The summed E-state index contributed by atoms with van der Waals surface area (Å²) in [6, 6.07) is 1.19. The van der Waals surface area contributed by atoms with Crippen molar-refractivity contribution in [3.63, 3.8) is 0 Å².